The van der Waals surface area contributed by atoms with Crippen molar-refractivity contribution in [3.63, 3.8) is 0 Å². The highest BCUT2D eigenvalue weighted by Crippen LogP contribution is 2.30. The lowest BCUT2D eigenvalue weighted by Crippen LogP contribution is -2.22. The quantitative estimate of drug-likeness (QED) is 0.905. The van der Waals surface area contributed by atoms with E-state index in [4.69, 9.17) is 0 Å². The van der Waals surface area contributed by atoms with Crippen LogP contribution in [-0.4, -0.2) is 30.1 Å². The molecule has 1 saturated carbocycles. The van der Waals surface area contributed by atoms with Crippen LogP contribution in [0.15, 0.2) is 12.4 Å². The summed E-state index contributed by atoms with van der Waals surface area (Å²) in [5, 5.41) is 7.57. The Kier molecular flexibility index (Phi) is 6.39. The zero-order valence-corrected chi connectivity index (χ0v) is 14.1. The second kappa shape index (κ2) is 8.29. The summed E-state index contributed by atoms with van der Waals surface area (Å²) in [5.74, 6) is 1.03. The molecule has 0 radical (unpaired) electrons. The number of aromatic nitrogens is 2. The molecule has 0 bridgehead atoms. The Bertz CT molecular complexity index is 546. The van der Waals surface area contributed by atoms with Gasteiger partial charge in [-0.25, -0.2) is 9.97 Å². The van der Waals surface area contributed by atoms with E-state index in [1.807, 2.05) is 14.1 Å². The summed E-state index contributed by atoms with van der Waals surface area (Å²) >= 11 is 1.78. The lowest BCUT2D eigenvalue weighted by atomic mass is 9.95. The van der Waals surface area contributed by atoms with Gasteiger partial charge in [0.25, 0.3) is 0 Å². The van der Waals surface area contributed by atoms with Crippen LogP contribution in [0, 0.1) is 0 Å². The average molecular weight is 306 g/mol. The molecule has 0 saturated heterocycles. The van der Waals surface area contributed by atoms with Gasteiger partial charge in [-0.05, 0) is 39.4 Å². The number of aryl methyl sites for hydroxylation is 1. The molecular weight excluding hydrogens is 280 g/mol. The molecule has 21 heavy (non-hydrogen) atoms. The largest absolute Gasteiger partial charge is 0.367 e. The fourth-order valence-electron chi connectivity index (χ4n) is 2.63. The second-order valence-electron chi connectivity index (χ2n) is 5.49. The van der Waals surface area contributed by atoms with Crippen molar-refractivity contribution in [1.82, 2.24) is 15.3 Å². The molecule has 0 unspecified atom stereocenters. The minimum absolute atomic E-state index is 0.599. The monoisotopic (exact) mass is 306 g/mol. The number of fused-ring (bicyclic) bond motifs is 1. The third-order valence-electron chi connectivity index (χ3n) is 3.67. The topological polar surface area (TPSA) is 49.8 Å². The van der Waals surface area contributed by atoms with Crippen molar-refractivity contribution in [3.8, 4) is 0 Å². The first-order chi connectivity index (χ1) is 10.3. The third kappa shape index (κ3) is 4.38. The molecule has 0 amide bonds. The van der Waals surface area contributed by atoms with E-state index < -0.39 is 0 Å². The van der Waals surface area contributed by atoms with Crippen molar-refractivity contribution >= 4 is 27.4 Å². The van der Waals surface area contributed by atoms with E-state index in [2.05, 4.69) is 33.6 Å². The van der Waals surface area contributed by atoms with Crippen LogP contribution in [-0.2, 0) is 6.42 Å². The summed E-state index contributed by atoms with van der Waals surface area (Å²) in [7, 11) is 3.75. The van der Waals surface area contributed by atoms with Crippen molar-refractivity contribution in [2.45, 2.75) is 51.5 Å². The first-order valence-corrected chi connectivity index (χ1v) is 8.68. The van der Waals surface area contributed by atoms with Crippen LogP contribution in [0.4, 0.5) is 5.82 Å². The maximum absolute atomic E-state index is 4.43. The molecule has 116 valence electrons. The van der Waals surface area contributed by atoms with Gasteiger partial charge in [0, 0.05) is 10.9 Å². The third-order valence-corrected chi connectivity index (χ3v) is 4.86. The molecular formula is C16H26N4S. The minimum Gasteiger partial charge on any atom is -0.367 e. The van der Waals surface area contributed by atoms with E-state index in [1.165, 1.54) is 42.4 Å². The van der Waals surface area contributed by atoms with E-state index in [9.17, 15) is 0 Å². The summed E-state index contributed by atoms with van der Waals surface area (Å²) in [6, 6.07) is 2.84. The number of hydrogen-bond acceptors (Lipinski definition) is 5. The molecule has 0 atom stereocenters. The molecule has 0 spiro atoms. The van der Waals surface area contributed by atoms with Crippen molar-refractivity contribution in [3.05, 3.63) is 17.3 Å². The van der Waals surface area contributed by atoms with E-state index in [0.717, 1.165) is 17.1 Å². The van der Waals surface area contributed by atoms with Crippen LogP contribution in [0.3, 0.4) is 0 Å². The number of thiophene rings is 1. The van der Waals surface area contributed by atoms with Crippen LogP contribution in [0.5, 0.6) is 0 Å². The zero-order valence-electron chi connectivity index (χ0n) is 13.3. The maximum Gasteiger partial charge on any atom is 0.138 e. The molecule has 0 aliphatic heterocycles. The van der Waals surface area contributed by atoms with E-state index in [0.29, 0.717) is 6.04 Å². The maximum atomic E-state index is 4.43. The van der Waals surface area contributed by atoms with Crippen LogP contribution >= 0.6 is 11.3 Å². The SMILES string of the molecule is CCc1cc2c(NC3CCCCC3)ncnc2s1.CNC. The highest BCUT2D eigenvalue weighted by Gasteiger charge is 2.15. The van der Waals surface area contributed by atoms with E-state index >= 15 is 0 Å². The minimum atomic E-state index is 0.599. The molecule has 1 aliphatic rings. The molecule has 2 aromatic heterocycles. The number of hydrogen-bond donors (Lipinski definition) is 2. The number of nitrogens with one attached hydrogen (secondary N) is 2. The van der Waals surface area contributed by atoms with Gasteiger partial charge in [0.15, 0.2) is 0 Å². The molecule has 2 N–H and O–H groups in total. The lowest BCUT2D eigenvalue weighted by molar-refractivity contribution is 0.462. The Hall–Kier alpha value is -1.20. The van der Waals surface area contributed by atoms with Crippen LogP contribution in [0.2, 0.25) is 0 Å². The molecule has 1 aliphatic carbocycles. The van der Waals surface area contributed by atoms with E-state index in [1.54, 1.807) is 17.7 Å². The highest BCUT2D eigenvalue weighted by atomic mass is 32.1. The molecule has 2 aromatic rings. The van der Waals surface area contributed by atoms with Crippen molar-refractivity contribution in [2.24, 2.45) is 0 Å². The highest BCUT2D eigenvalue weighted by molar-refractivity contribution is 7.18. The van der Waals surface area contributed by atoms with E-state index in [-0.39, 0.29) is 0 Å². The van der Waals surface area contributed by atoms with Crippen LogP contribution in [0.25, 0.3) is 10.2 Å². The fourth-order valence-corrected chi connectivity index (χ4v) is 3.57. The first kappa shape index (κ1) is 16.2. The smallest absolute Gasteiger partial charge is 0.138 e. The van der Waals surface area contributed by atoms with Gasteiger partial charge in [-0.1, -0.05) is 26.2 Å². The summed E-state index contributed by atoms with van der Waals surface area (Å²) < 4.78 is 0. The predicted molar refractivity (Wildman–Crippen MR) is 92.3 cm³/mol. The summed E-state index contributed by atoms with van der Waals surface area (Å²) in [4.78, 5) is 11.3. The van der Waals surface area contributed by atoms with Gasteiger partial charge in [0.05, 0.1) is 5.39 Å². The lowest BCUT2D eigenvalue weighted by Gasteiger charge is -2.23. The van der Waals surface area contributed by atoms with Gasteiger partial charge in [-0.15, -0.1) is 11.3 Å². The standard InChI is InChI=1S/C14H19N3S.C2H7N/c1-2-11-8-12-13(15-9-16-14(12)18-11)17-10-6-4-3-5-7-10;1-3-2/h8-10H,2-7H2,1H3,(H,15,16,17);3H,1-2H3. The average Bonchev–Trinajstić information content (AvgIpc) is 2.93. The number of nitrogens with zero attached hydrogens (tertiary/aromatic N) is 2. The zero-order chi connectivity index (χ0) is 15.1. The first-order valence-electron chi connectivity index (χ1n) is 7.87. The van der Waals surface area contributed by atoms with Crippen molar-refractivity contribution in [1.29, 1.82) is 0 Å². The molecule has 3 rings (SSSR count). The van der Waals surface area contributed by atoms with Gasteiger partial charge in [0.2, 0.25) is 0 Å². The fraction of sp³-hybridized carbons (Fsp3) is 0.625. The van der Waals surface area contributed by atoms with Crippen molar-refractivity contribution < 1.29 is 0 Å². The Morgan fingerprint density at radius 2 is 1.90 bits per heavy atom. The molecule has 5 heteroatoms. The molecule has 2 heterocycles. The molecule has 4 nitrogen and oxygen atoms in total. The Morgan fingerprint density at radius 3 is 2.57 bits per heavy atom. The van der Waals surface area contributed by atoms with Gasteiger partial charge >= 0.3 is 0 Å². The van der Waals surface area contributed by atoms with Crippen LogP contribution < -0.4 is 10.6 Å². The second-order valence-corrected chi connectivity index (χ2v) is 6.60. The Labute approximate surface area is 131 Å². The van der Waals surface area contributed by atoms with Crippen molar-refractivity contribution in [2.75, 3.05) is 19.4 Å². The summed E-state index contributed by atoms with van der Waals surface area (Å²) in [6.45, 7) is 2.19. The van der Waals surface area contributed by atoms with Gasteiger partial charge in [0.1, 0.15) is 17.0 Å². The van der Waals surface area contributed by atoms with Gasteiger partial charge in [-0.2, -0.15) is 0 Å². The Morgan fingerprint density at radius 1 is 1.19 bits per heavy atom. The van der Waals surface area contributed by atoms with Crippen LogP contribution in [0.1, 0.15) is 43.9 Å². The Balaban J connectivity index is 0.000000497. The van der Waals surface area contributed by atoms with Gasteiger partial charge < -0.3 is 10.6 Å². The summed E-state index contributed by atoms with van der Waals surface area (Å²) in [6.07, 6.45) is 9.38. The molecule has 1 fully saturated rings. The number of anilines is 1. The molecule has 0 aromatic carbocycles. The normalized spacial score (nSPS) is 15.6. The summed E-state index contributed by atoms with van der Waals surface area (Å²) in [5.41, 5.74) is 0. The number of rotatable bonds is 3. The van der Waals surface area contributed by atoms with Gasteiger partial charge in [-0.3, -0.25) is 0 Å². The predicted octanol–water partition coefficient (Wildman–Crippen LogP) is 3.83.